The third-order valence-electron chi connectivity index (χ3n) is 5.87. The lowest BCUT2D eigenvalue weighted by Gasteiger charge is -2.39. The molecule has 0 unspecified atom stereocenters. The number of nitrogens with zero attached hydrogens (tertiary/aromatic N) is 3. The maximum atomic E-state index is 12.9. The molecule has 1 saturated carbocycles. The van der Waals surface area contributed by atoms with E-state index < -0.39 is 0 Å². The number of amides is 1. The van der Waals surface area contributed by atoms with Crippen LogP contribution >= 0.6 is 11.8 Å². The maximum Gasteiger partial charge on any atom is 0.277 e. The second-order valence-electron chi connectivity index (χ2n) is 9.35. The quantitative estimate of drug-likeness (QED) is 0.640. The number of carbonyl (C=O) groups excluding carboxylic acids is 1. The van der Waals surface area contributed by atoms with Gasteiger partial charge in [-0.25, -0.2) is 0 Å². The number of likely N-dealkylation sites (tertiary alicyclic amines) is 1. The lowest BCUT2D eigenvalue weighted by atomic mass is 9.65. The summed E-state index contributed by atoms with van der Waals surface area (Å²) in [5.41, 5.74) is 1.39. The van der Waals surface area contributed by atoms with Gasteiger partial charge in [-0.3, -0.25) is 4.79 Å². The van der Waals surface area contributed by atoms with E-state index in [9.17, 15) is 4.79 Å². The number of hydrogen-bond acceptors (Lipinski definition) is 6. The molecule has 2 atom stereocenters. The Kier molecular flexibility index (Phi) is 5.36. The summed E-state index contributed by atoms with van der Waals surface area (Å²) in [6.07, 6.45) is 3.39. The molecule has 2 bridgehead atoms. The SMILES string of the molecule is CCOc1ccc(-c2nnc(SCC(=O)N3C[C@@]4(C)C[C@@H]3CC(C)(C)C4)o2)cc1. The fraction of sp³-hybridized carbons (Fsp3) is 0.591. The molecule has 29 heavy (non-hydrogen) atoms. The number of hydrogen-bond donors (Lipinski definition) is 0. The number of carbonyl (C=O) groups is 1. The van der Waals surface area contributed by atoms with Crippen molar-refractivity contribution in [2.75, 3.05) is 18.9 Å². The van der Waals surface area contributed by atoms with E-state index in [0.717, 1.165) is 30.7 Å². The minimum absolute atomic E-state index is 0.169. The van der Waals surface area contributed by atoms with Crippen molar-refractivity contribution < 1.29 is 13.9 Å². The van der Waals surface area contributed by atoms with Crippen LogP contribution in [0.3, 0.4) is 0 Å². The summed E-state index contributed by atoms with van der Waals surface area (Å²) in [6, 6.07) is 7.91. The first-order valence-corrected chi connectivity index (χ1v) is 11.2. The minimum Gasteiger partial charge on any atom is -0.494 e. The van der Waals surface area contributed by atoms with E-state index >= 15 is 0 Å². The highest BCUT2D eigenvalue weighted by molar-refractivity contribution is 7.99. The highest BCUT2D eigenvalue weighted by Gasteiger charge is 2.50. The lowest BCUT2D eigenvalue weighted by molar-refractivity contribution is -0.129. The van der Waals surface area contributed by atoms with Crippen LogP contribution in [0.2, 0.25) is 0 Å². The standard InChI is InChI=1S/C22H29N3O3S/c1-5-27-17-8-6-15(7-9-17)19-23-24-20(28-19)29-12-18(26)25-14-22(4)11-16(25)10-21(2,3)13-22/h6-9,16H,5,10-14H2,1-4H3/t16-,22-/m0/s1. The molecule has 1 aliphatic heterocycles. The van der Waals surface area contributed by atoms with Crippen LogP contribution in [0, 0.1) is 10.8 Å². The molecule has 0 radical (unpaired) electrons. The van der Waals surface area contributed by atoms with Crippen LogP contribution in [0.15, 0.2) is 33.9 Å². The number of benzene rings is 1. The number of ether oxygens (including phenoxy) is 1. The van der Waals surface area contributed by atoms with Gasteiger partial charge in [0, 0.05) is 18.2 Å². The van der Waals surface area contributed by atoms with E-state index in [1.54, 1.807) is 0 Å². The van der Waals surface area contributed by atoms with Crippen LogP contribution < -0.4 is 4.74 Å². The normalized spacial score (nSPS) is 25.2. The van der Waals surface area contributed by atoms with Crippen molar-refractivity contribution in [3.63, 3.8) is 0 Å². The lowest BCUT2D eigenvalue weighted by Crippen LogP contribution is -2.38. The monoisotopic (exact) mass is 415 g/mol. The van der Waals surface area contributed by atoms with Crippen molar-refractivity contribution in [3.05, 3.63) is 24.3 Å². The molecule has 156 valence electrons. The smallest absolute Gasteiger partial charge is 0.277 e. The molecule has 7 heteroatoms. The topological polar surface area (TPSA) is 68.5 Å². The number of rotatable bonds is 6. The van der Waals surface area contributed by atoms with Crippen molar-refractivity contribution in [3.8, 4) is 17.2 Å². The Morgan fingerprint density at radius 1 is 1.24 bits per heavy atom. The van der Waals surface area contributed by atoms with Gasteiger partial charge >= 0.3 is 0 Å². The minimum atomic E-state index is 0.169. The van der Waals surface area contributed by atoms with Gasteiger partial charge in [0.1, 0.15) is 5.75 Å². The van der Waals surface area contributed by atoms with Crippen molar-refractivity contribution in [2.24, 2.45) is 10.8 Å². The number of thioether (sulfide) groups is 1. The van der Waals surface area contributed by atoms with Gasteiger partial charge in [0.2, 0.25) is 11.8 Å². The zero-order valence-corrected chi connectivity index (χ0v) is 18.4. The molecular weight excluding hydrogens is 386 g/mol. The summed E-state index contributed by atoms with van der Waals surface area (Å²) in [5.74, 6) is 1.76. The first-order valence-electron chi connectivity index (χ1n) is 10.3. The summed E-state index contributed by atoms with van der Waals surface area (Å²) < 4.78 is 11.2. The average molecular weight is 416 g/mol. The third kappa shape index (κ3) is 4.44. The molecule has 0 N–H and O–H groups in total. The second kappa shape index (κ2) is 7.67. The van der Waals surface area contributed by atoms with Crippen molar-refractivity contribution in [2.45, 2.75) is 58.2 Å². The van der Waals surface area contributed by atoms with Gasteiger partial charge in [-0.1, -0.05) is 32.5 Å². The Morgan fingerprint density at radius 2 is 2.00 bits per heavy atom. The average Bonchev–Trinajstić information content (AvgIpc) is 3.22. The van der Waals surface area contributed by atoms with E-state index in [0.29, 0.717) is 34.9 Å². The van der Waals surface area contributed by atoms with E-state index in [1.807, 2.05) is 31.2 Å². The number of fused-ring (bicyclic) bond motifs is 2. The molecule has 6 nitrogen and oxygen atoms in total. The van der Waals surface area contributed by atoms with Gasteiger partial charge in [0.15, 0.2) is 0 Å². The van der Waals surface area contributed by atoms with E-state index in [4.69, 9.17) is 9.15 Å². The van der Waals surface area contributed by atoms with Crippen LogP contribution in [-0.2, 0) is 4.79 Å². The predicted octanol–water partition coefficient (Wildman–Crippen LogP) is 4.65. The molecule has 2 aliphatic rings. The summed E-state index contributed by atoms with van der Waals surface area (Å²) in [5, 5.41) is 8.64. The Bertz CT molecular complexity index is 880. The Labute approximate surface area is 176 Å². The van der Waals surface area contributed by atoms with E-state index in [1.165, 1.54) is 18.2 Å². The van der Waals surface area contributed by atoms with Crippen LogP contribution in [0.1, 0.15) is 47.0 Å². The van der Waals surface area contributed by atoms with Gasteiger partial charge in [-0.05, 0) is 61.3 Å². The van der Waals surface area contributed by atoms with Crippen molar-refractivity contribution in [1.82, 2.24) is 15.1 Å². The molecule has 1 saturated heterocycles. The molecule has 1 aromatic heterocycles. The first kappa shape index (κ1) is 20.3. The molecule has 1 aromatic carbocycles. The summed E-state index contributed by atoms with van der Waals surface area (Å²) in [7, 11) is 0. The van der Waals surface area contributed by atoms with Gasteiger partial charge < -0.3 is 14.1 Å². The second-order valence-corrected chi connectivity index (χ2v) is 10.3. The highest BCUT2D eigenvalue weighted by Crippen LogP contribution is 2.52. The zero-order valence-electron chi connectivity index (χ0n) is 17.6. The van der Waals surface area contributed by atoms with Crippen molar-refractivity contribution in [1.29, 1.82) is 0 Å². The Morgan fingerprint density at radius 3 is 2.72 bits per heavy atom. The van der Waals surface area contributed by atoms with Crippen LogP contribution in [0.5, 0.6) is 5.75 Å². The largest absolute Gasteiger partial charge is 0.494 e. The maximum absolute atomic E-state index is 12.9. The summed E-state index contributed by atoms with van der Waals surface area (Å²) in [6.45, 7) is 10.4. The van der Waals surface area contributed by atoms with Gasteiger partial charge in [0.25, 0.3) is 5.22 Å². The highest BCUT2D eigenvalue weighted by atomic mass is 32.2. The van der Waals surface area contributed by atoms with Crippen LogP contribution in [0.4, 0.5) is 0 Å². The van der Waals surface area contributed by atoms with Crippen molar-refractivity contribution >= 4 is 17.7 Å². The van der Waals surface area contributed by atoms with Gasteiger partial charge in [0.05, 0.1) is 12.4 Å². The summed E-state index contributed by atoms with van der Waals surface area (Å²) >= 11 is 1.32. The fourth-order valence-electron chi connectivity index (χ4n) is 5.20. The third-order valence-corrected chi connectivity index (χ3v) is 6.68. The van der Waals surface area contributed by atoms with Crippen LogP contribution in [-0.4, -0.2) is 46.0 Å². The molecule has 1 amide bonds. The first-order chi connectivity index (χ1) is 13.8. The van der Waals surface area contributed by atoms with E-state index in [2.05, 4.69) is 35.9 Å². The Hall–Kier alpha value is -2.02. The molecule has 2 fully saturated rings. The van der Waals surface area contributed by atoms with Gasteiger partial charge in [-0.2, -0.15) is 0 Å². The predicted molar refractivity (Wildman–Crippen MR) is 113 cm³/mol. The molecular formula is C22H29N3O3S. The summed E-state index contributed by atoms with van der Waals surface area (Å²) in [4.78, 5) is 15.0. The molecule has 4 rings (SSSR count). The fourth-order valence-corrected chi connectivity index (χ4v) is 5.85. The zero-order chi connectivity index (χ0) is 20.6. The number of aromatic nitrogens is 2. The van der Waals surface area contributed by atoms with Crippen LogP contribution in [0.25, 0.3) is 11.5 Å². The van der Waals surface area contributed by atoms with Gasteiger partial charge in [-0.15, -0.1) is 10.2 Å². The Balaban J connectivity index is 1.36. The molecule has 2 aromatic rings. The molecule has 2 heterocycles. The molecule has 0 spiro atoms. The van der Waals surface area contributed by atoms with E-state index in [-0.39, 0.29) is 11.3 Å². The molecule has 1 aliphatic carbocycles.